The zero-order valence-corrected chi connectivity index (χ0v) is 17.3. The van der Waals surface area contributed by atoms with Crippen LogP contribution in [0.4, 0.5) is 5.00 Å². The number of hydrogen-bond donors (Lipinski definition) is 5. The van der Waals surface area contributed by atoms with E-state index in [4.69, 9.17) is 11.1 Å². The van der Waals surface area contributed by atoms with Crippen molar-refractivity contribution in [3.8, 4) is 11.4 Å². The first kappa shape index (κ1) is 20.3. The Kier molecular flexibility index (Phi) is 5.76. The Balaban J connectivity index is 1.48. The molecule has 0 spiro atoms. The molecule has 2 aromatic carbocycles. The Bertz CT molecular complexity index is 1260. The van der Waals surface area contributed by atoms with Crippen LogP contribution in [0.5, 0.6) is 0 Å². The molecule has 0 aliphatic heterocycles. The lowest BCUT2D eigenvalue weighted by atomic mass is 10.2. The molecule has 31 heavy (non-hydrogen) atoms. The van der Waals surface area contributed by atoms with Gasteiger partial charge in [-0.3, -0.25) is 15.0 Å². The van der Waals surface area contributed by atoms with E-state index < -0.39 is 0 Å². The normalized spacial score (nSPS) is 10.7. The molecule has 8 nitrogen and oxygen atoms in total. The molecule has 0 saturated heterocycles. The summed E-state index contributed by atoms with van der Waals surface area (Å²) in [6.07, 6.45) is 0.309. The molecule has 2 amide bonds. The van der Waals surface area contributed by atoms with Gasteiger partial charge in [0.15, 0.2) is 0 Å². The number of fused-ring (bicyclic) bond motifs is 1. The van der Waals surface area contributed by atoms with Crippen molar-refractivity contribution < 1.29 is 9.59 Å². The maximum absolute atomic E-state index is 12.3. The predicted octanol–water partition coefficient (Wildman–Crippen LogP) is 3.60. The van der Waals surface area contributed by atoms with E-state index in [0.29, 0.717) is 29.9 Å². The van der Waals surface area contributed by atoms with Crippen molar-refractivity contribution >= 4 is 45.0 Å². The van der Waals surface area contributed by atoms with Gasteiger partial charge in [-0.25, -0.2) is 4.98 Å². The minimum atomic E-state index is -0.235. The number of amidine groups is 1. The number of thiophene rings is 1. The van der Waals surface area contributed by atoms with Crippen molar-refractivity contribution in [3.63, 3.8) is 0 Å². The van der Waals surface area contributed by atoms with E-state index in [1.807, 2.05) is 29.6 Å². The molecule has 2 heterocycles. The van der Waals surface area contributed by atoms with Crippen LogP contribution in [0, 0.1) is 5.41 Å². The molecular formula is C22H20N6O2S. The molecule has 9 heteroatoms. The van der Waals surface area contributed by atoms with Crippen LogP contribution >= 0.6 is 11.3 Å². The number of nitrogens with two attached hydrogens (primary N) is 1. The largest absolute Gasteiger partial charge is 0.388 e. The van der Waals surface area contributed by atoms with E-state index in [2.05, 4.69) is 20.6 Å². The molecule has 0 fully saturated rings. The number of carbonyl (C=O) groups is 2. The van der Waals surface area contributed by atoms with Crippen molar-refractivity contribution in [1.82, 2.24) is 15.3 Å². The van der Waals surface area contributed by atoms with Gasteiger partial charge in [-0.05, 0) is 36.4 Å². The molecule has 0 bridgehead atoms. The summed E-state index contributed by atoms with van der Waals surface area (Å²) in [6, 6.07) is 16.1. The van der Waals surface area contributed by atoms with Crippen LogP contribution in [0.3, 0.4) is 0 Å². The number of aromatic amines is 1. The van der Waals surface area contributed by atoms with E-state index in [0.717, 1.165) is 21.6 Å². The lowest BCUT2D eigenvalue weighted by Crippen LogP contribution is -2.27. The van der Waals surface area contributed by atoms with Crippen molar-refractivity contribution in [2.45, 2.75) is 6.42 Å². The standard InChI is InChI=1S/C22H20N6O2S/c23-18(24)8-9-25-21(29)14-6-7-16-17(10-14)27-20(26-16)15-11-19(31-12-15)28-22(30)13-4-2-1-3-5-13/h1-7,10-12H,8-9H2,(H3,23,24)(H,25,29)(H,26,27)(H,28,30). The average molecular weight is 433 g/mol. The minimum absolute atomic E-state index is 0.0315. The first-order valence-electron chi connectivity index (χ1n) is 9.56. The van der Waals surface area contributed by atoms with Gasteiger partial charge in [0, 0.05) is 35.0 Å². The van der Waals surface area contributed by atoms with Gasteiger partial charge in [-0.1, -0.05) is 18.2 Å². The summed E-state index contributed by atoms with van der Waals surface area (Å²) >= 11 is 1.41. The highest BCUT2D eigenvalue weighted by Crippen LogP contribution is 2.29. The van der Waals surface area contributed by atoms with Crippen molar-refractivity contribution in [2.75, 3.05) is 11.9 Å². The van der Waals surface area contributed by atoms with E-state index in [-0.39, 0.29) is 17.6 Å². The Labute approximate surface area is 182 Å². The Morgan fingerprint density at radius 2 is 1.87 bits per heavy atom. The van der Waals surface area contributed by atoms with E-state index in [1.165, 1.54) is 11.3 Å². The molecule has 0 aliphatic rings. The maximum Gasteiger partial charge on any atom is 0.256 e. The number of rotatable bonds is 7. The first-order valence-corrected chi connectivity index (χ1v) is 10.4. The Morgan fingerprint density at radius 3 is 2.65 bits per heavy atom. The summed E-state index contributed by atoms with van der Waals surface area (Å²) in [4.78, 5) is 32.4. The molecule has 6 N–H and O–H groups in total. The third kappa shape index (κ3) is 4.78. The summed E-state index contributed by atoms with van der Waals surface area (Å²) in [5.41, 5.74) is 8.70. The van der Waals surface area contributed by atoms with Gasteiger partial charge in [-0.2, -0.15) is 0 Å². The summed E-state index contributed by atoms with van der Waals surface area (Å²) in [5.74, 6) is 0.282. The molecular weight excluding hydrogens is 412 g/mol. The number of hydrogen-bond acceptors (Lipinski definition) is 5. The highest BCUT2D eigenvalue weighted by molar-refractivity contribution is 7.14. The number of carbonyl (C=O) groups excluding carboxylic acids is 2. The molecule has 2 aromatic heterocycles. The van der Waals surface area contributed by atoms with Gasteiger partial charge in [0.1, 0.15) is 5.82 Å². The first-order chi connectivity index (χ1) is 15.0. The predicted molar refractivity (Wildman–Crippen MR) is 123 cm³/mol. The van der Waals surface area contributed by atoms with Crippen LogP contribution in [0.15, 0.2) is 60.0 Å². The Morgan fingerprint density at radius 1 is 1.06 bits per heavy atom. The zero-order chi connectivity index (χ0) is 21.8. The second-order valence-electron chi connectivity index (χ2n) is 6.87. The number of imidazole rings is 1. The smallest absolute Gasteiger partial charge is 0.256 e. The number of aromatic nitrogens is 2. The third-order valence-corrected chi connectivity index (χ3v) is 5.42. The molecule has 0 radical (unpaired) electrons. The van der Waals surface area contributed by atoms with Gasteiger partial charge in [0.2, 0.25) is 0 Å². The second-order valence-corrected chi connectivity index (χ2v) is 7.78. The van der Waals surface area contributed by atoms with Crippen LogP contribution < -0.4 is 16.4 Å². The van der Waals surface area contributed by atoms with E-state index in [1.54, 1.807) is 30.3 Å². The second kappa shape index (κ2) is 8.80. The number of nitrogens with one attached hydrogen (secondary N) is 4. The third-order valence-electron chi connectivity index (χ3n) is 4.57. The fourth-order valence-corrected chi connectivity index (χ4v) is 3.78. The van der Waals surface area contributed by atoms with Gasteiger partial charge < -0.3 is 21.4 Å². The summed E-state index contributed by atoms with van der Waals surface area (Å²) < 4.78 is 0. The molecule has 4 rings (SSSR count). The Hall–Kier alpha value is -3.98. The summed E-state index contributed by atoms with van der Waals surface area (Å²) in [7, 11) is 0. The van der Waals surface area contributed by atoms with Crippen molar-refractivity contribution in [3.05, 3.63) is 71.1 Å². The van der Waals surface area contributed by atoms with Crippen LogP contribution in [0.25, 0.3) is 22.4 Å². The lowest BCUT2D eigenvalue weighted by molar-refractivity contribution is 0.0954. The van der Waals surface area contributed by atoms with Crippen molar-refractivity contribution in [2.24, 2.45) is 5.73 Å². The molecule has 0 aliphatic carbocycles. The number of anilines is 1. The molecule has 0 atom stereocenters. The number of nitrogens with zero attached hydrogens (tertiary/aromatic N) is 1. The number of benzene rings is 2. The maximum atomic E-state index is 12.3. The summed E-state index contributed by atoms with van der Waals surface area (Å²) in [5, 5.41) is 15.5. The van der Waals surface area contributed by atoms with Crippen LogP contribution in [-0.4, -0.2) is 34.2 Å². The van der Waals surface area contributed by atoms with Gasteiger partial charge >= 0.3 is 0 Å². The highest BCUT2D eigenvalue weighted by atomic mass is 32.1. The molecule has 156 valence electrons. The fourth-order valence-electron chi connectivity index (χ4n) is 3.00. The fraction of sp³-hybridized carbons (Fsp3) is 0.0909. The minimum Gasteiger partial charge on any atom is -0.388 e. The average Bonchev–Trinajstić information content (AvgIpc) is 3.40. The highest BCUT2D eigenvalue weighted by Gasteiger charge is 2.13. The number of amides is 2. The van der Waals surface area contributed by atoms with E-state index in [9.17, 15) is 9.59 Å². The topological polar surface area (TPSA) is 137 Å². The van der Waals surface area contributed by atoms with E-state index >= 15 is 0 Å². The summed E-state index contributed by atoms with van der Waals surface area (Å²) in [6.45, 7) is 0.312. The van der Waals surface area contributed by atoms with Gasteiger partial charge in [0.25, 0.3) is 11.8 Å². The molecule has 0 unspecified atom stereocenters. The SMILES string of the molecule is N=C(N)CCNC(=O)c1ccc2nc(-c3csc(NC(=O)c4ccccc4)c3)[nH]c2c1. The lowest BCUT2D eigenvalue weighted by Gasteiger charge is -2.04. The monoisotopic (exact) mass is 432 g/mol. The molecule has 0 saturated carbocycles. The van der Waals surface area contributed by atoms with Crippen LogP contribution in [0.2, 0.25) is 0 Å². The van der Waals surface area contributed by atoms with Gasteiger partial charge in [0.05, 0.1) is 21.9 Å². The quantitative estimate of drug-likeness (QED) is 0.225. The zero-order valence-electron chi connectivity index (χ0n) is 16.4. The van der Waals surface area contributed by atoms with Crippen LogP contribution in [-0.2, 0) is 0 Å². The van der Waals surface area contributed by atoms with Gasteiger partial charge in [-0.15, -0.1) is 11.3 Å². The van der Waals surface area contributed by atoms with Crippen molar-refractivity contribution in [1.29, 1.82) is 5.41 Å². The van der Waals surface area contributed by atoms with Crippen LogP contribution in [0.1, 0.15) is 27.1 Å². The molecule has 4 aromatic rings. The number of H-pyrrole nitrogens is 1.